The number of hydrogen-bond donors (Lipinski definition) is 1. The predicted molar refractivity (Wildman–Crippen MR) is 71.4 cm³/mol. The summed E-state index contributed by atoms with van der Waals surface area (Å²) in [5, 5.41) is 20.4. The van der Waals surface area contributed by atoms with Gasteiger partial charge in [-0.05, 0) is 19.4 Å². The summed E-state index contributed by atoms with van der Waals surface area (Å²) in [7, 11) is -3.07. The second-order valence-electron chi connectivity index (χ2n) is 4.80. The van der Waals surface area contributed by atoms with E-state index in [4.69, 9.17) is 4.74 Å². The second-order valence-corrected chi connectivity index (χ2v) is 7.03. The number of aliphatic hydroxyl groups is 1. The van der Waals surface area contributed by atoms with Crippen LogP contribution in [0.1, 0.15) is 25.0 Å². The summed E-state index contributed by atoms with van der Waals surface area (Å²) in [6.07, 6.45) is -1.03. The molecule has 0 aromatic heterocycles. The maximum absolute atomic E-state index is 11.4. The molecule has 0 bridgehead atoms. The summed E-state index contributed by atoms with van der Waals surface area (Å²) in [5.41, 5.74) is 0.135. The molecule has 0 radical (unpaired) electrons. The van der Waals surface area contributed by atoms with Gasteiger partial charge in [0.25, 0.3) is 5.69 Å². The molecule has 1 saturated heterocycles. The fourth-order valence-corrected chi connectivity index (χ4v) is 3.71. The second kappa shape index (κ2) is 5.37. The fourth-order valence-electron chi connectivity index (χ4n) is 2.12. The number of sulfone groups is 1. The number of non-ortho nitro benzene ring substituents is 1. The molecule has 1 aliphatic heterocycles. The molecular weight excluding hydrogens is 286 g/mol. The minimum atomic E-state index is -3.07. The highest BCUT2D eigenvalue weighted by Gasteiger charge is 2.30. The Balaban J connectivity index is 2.25. The van der Waals surface area contributed by atoms with E-state index in [0.717, 1.165) is 0 Å². The van der Waals surface area contributed by atoms with Gasteiger partial charge in [-0.2, -0.15) is 0 Å². The Morgan fingerprint density at radius 1 is 1.50 bits per heavy atom. The minimum Gasteiger partial charge on any atom is -0.489 e. The Labute approximate surface area is 116 Å². The molecule has 1 aromatic rings. The van der Waals surface area contributed by atoms with Gasteiger partial charge in [0.15, 0.2) is 9.84 Å². The summed E-state index contributed by atoms with van der Waals surface area (Å²) >= 11 is 0. The zero-order valence-electron chi connectivity index (χ0n) is 10.9. The van der Waals surface area contributed by atoms with E-state index in [2.05, 4.69) is 0 Å². The molecule has 1 heterocycles. The number of benzene rings is 1. The molecule has 0 saturated carbocycles. The lowest BCUT2D eigenvalue weighted by molar-refractivity contribution is -0.385. The van der Waals surface area contributed by atoms with Crippen molar-refractivity contribution in [1.29, 1.82) is 0 Å². The minimum absolute atomic E-state index is 0.0662. The van der Waals surface area contributed by atoms with Gasteiger partial charge in [-0.15, -0.1) is 0 Å². The van der Waals surface area contributed by atoms with Crippen LogP contribution in [0.2, 0.25) is 0 Å². The van der Waals surface area contributed by atoms with Crippen LogP contribution in [-0.4, -0.2) is 36.1 Å². The fraction of sp³-hybridized carbons (Fsp3) is 0.500. The van der Waals surface area contributed by atoms with Gasteiger partial charge >= 0.3 is 0 Å². The lowest BCUT2D eigenvalue weighted by Crippen LogP contribution is -2.18. The third-order valence-corrected chi connectivity index (χ3v) is 4.88. The van der Waals surface area contributed by atoms with Gasteiger partial charge in [-0.3, -0.25) is 10.1 Å². The number of nitrogens with zero attached hydrogens (tertiary/aromatic N) is 1. The average molecular weight is 301 g/mol. The van der Waals surface area contributed by atoms with E-state index in [-0.39, 0.29) is 28.5 Å². The molecule has 8 heteroatoms. The molecule has 1 aliphatic rings. The highest BCUT2D eigenvalue weighted by atomic mass is 32.2. The standard InChI is InChI=1S/C12H15NO6S/c1-8(14)11-6-9(13(15)16)2-3-12(11)19-10-4-5-20(17,18)7-10/h2-3,6,8,10,14H,4-5,7H2,1H3/t8-,10?/m1/s1. The van der Waals surface area contributed by atoms with Crippen molar-refractivity contribution < 1.29 is 23.2 Å². The van der Waals surface area contributed by atoms with Crippen molar-refractivity contribution in [1.82, 2.24) is 0 Å². The molecule has 1 N–H and O–H groups in total. The number of nitro groups is 1. The Morgan fingerprint density at radius 3 is 2.70 bits per heavy atom. The Hall–Kier alpha value is -1.67. The van der Waals surface area contributed by atoms with Gasteiger partial charge in [0, 0.05) is 17.7 Å². The number of rotatable bonds is 4. The van der Waals surface area contributed by atoms with E-state index in [9.17, 15) is 23.6 Å². The zero-order valence-corrected chi connectivity index (χ0v) is 11.7. The Bertz CT molecular complexity index is 625. The number of hydrogen-bond acceptors (Lipinski definition) is 6. The molecule has 1 unspecified atom stereocenters. The summed E-state index contributed by atoms with van der Waals surface area (Å²) in [6, 6.07) is 3.90. The molecule has 20 heavy (non-hydrogen) atoms. The van der Waals surface area contributed by atoms with Crippen molar-refractivity contribution in [2.45, 2.75) is 25.6 Å². The van der Waals surface area contributed by atoms with Gasteiger partial charge in [-0.25, -0.2) is 8.42 Å². The smallest absolute Gasteiger partial charge is 0.270 e. The van der Waals surface area contributed by atoms with E-state index in [1.807, 2.05) is 0 Å². The van der Waals surface area contributed by atoms with Crippen LogP contribution in [0.25, 0.3) is 0 Å². The topological polar surface area (TPSA) is 107 Å². The van der Waals surface area contributed by atoms with Gasteiger partial charge < -0.3 is 9.84 Å². The van der Waals surface area contributed by atoms with Crippen LogP contribution in [0, 0.1) is 10.1 Å². The van der Waals surface area contributed by atoms with Gasteiger partial charge in [0.1, 0.15) is 11.9 Å². The molecule has 7 nitrogen and oxygen atoms in total. The first-order chi connectivity index (χ1) is 9.28. The van der Waals surface area contributed by atoms with Crippen LogP contribution in [0.5, 0.6) is 5.75 Å². The summed E-state index contributed by atoms with van der Waals surface area (Å²) < 4.78 is 28.3. The Morgan fingerprint density at radius 2 is 2.20 bits per heavy atom. The van der Waals surface area contributed by atoms with Crippen molar-refractivity contribution in [2.75, 3.05) is 11.5 Å². The predicted octanol–water partition coefficient (Wildman–Crippen LogP) is 1.21. The lowest BCUT2D eigenvalue weighted by atomic mass is 10.1. The normalized spacial score (nSPS) is 22.4. The van der Waals surface area contributed by atoms with Crippen molar-refractivity contribution in [3.63, 3.8) is 0 Å². The largest absolute Gasteiger partial charge is 0.489 e. The van der Waals surface area contributed by atoms with Crippen molar-refractivity contribution in [3.05, 3.63) is 33.9 Å². The lowest BCUT2D eigenvalue weighted by Gasteiger charge is -2.17. The van der Waals surface area contributed by atoms with E-state index in [1.54, 1.807) is 0 Å². The van der Waals surface area contributed by atoms with E-state index >= 15 is 0 Å². The molecule has 2 atom stereocenters. The summed E-state index contributed by atoms with van der Waals surface area (Å²) in [6.45, 7) is 1.47. The van der Waals surface area contributed by atoms with Crippen LogP contribution < -0.4 is 4.74 Å². The average Bonchev–Trinajstić information content (AvgIpc) is 2.68. The molecule has 110 valence electrons. The Kier molecular flexibility index (Phi) is 3.96. The first-order valence-corrected chi connectivity index (χ1v) is 7.94. The monoisotopic (exact) mass is 301 g/mol. The molecule has 0 amide bonds. The quantitative estimate of drug-likeness (QED) is 0.661. The summed E-state index contributed by atoms with van der Waals surface area (Å²) in [5.74, 6) is 0.297. The number of ether oxygens (including phenoxy) is 1. The molecule has 2 rings (SSSR count). The molecule has 1 fully saturated rings. The number of nitro benzene ring substituents is 1. The molecule has 1 aromatic carbocycles. The van der Waals surface area contributed by atoms with Crippen LogP contribution in [-0.2, 0) is 9.84 Å². The van der Waals surface area contributed by atoms with Crippen LogP contribution in [0.4, 0.5) is 5.69 Å². The SMILES string of the molecule is C[C@@H](O)c1cc([N+](=O)[O-])ccc1OC1CCS(=O)(=O)C1. The van der Waals surface area contributed by atoms with Crippen molar-refractivity contribution >= 4 is 15.5 Å². The van der Waals surface area contributed by atoms with Gasteiger partial charge in [0.05, 0.1) is 22.5 Å². The molecule has 0 spiro atoms. The van der Waals surface area contributed by atoms with Gasteiger partial charge in [-0.1, -0.05) is 0 Å². The van der Waals surface area contributed by atoms with Crippen molar-refractivity contribution in [3.8, 4) is 5.75 Å². The van der Waals surface area contributed by atoms with Crippen molar-refractivity contribution in [2.24, 2.45) is 0 Å². The highest BCUT2D eigenvalue weighted by Crippen LogP contribution is 2.31. The molecule has 0 aliphatic carbocycles. The maximum atomic E-state index is 11.4. The third-order valence-electron chi connectivity index (χ3n) is 3.14. The van der Waals surface area contributed by atoms with E-state index in [1.165, 1.54) is 25.1 Å². The first kappa shape index (κ1) is 14.7. The van der Waals surface area contributed by atoms with E-state index in [0.29, 0.717) is 6.42 Å². The van der Waals surface area contributed by atoms with Crippen LogP contribution >= 0.6 is 0 Å². The highest BCUT2D eigenvalue weighted by molar-refractivity contribution is 7.91. The molecular formula is C12H15NO6S. The third kappa shape index (κ3) is 3.26. The van der Waals surface area contributed by atoms with Gasteiger partial charge in [0.2, 0.25) is 0 Å². The number of aliphatic hydroxyl groups excluding tert-OH is 1. The van der Waals surface area contributed by atoms with E-state index < -0.39 is 27.0 Å². The van der Waals surface area contributed by atoms with Crippen LogP contribution in [0.3, 0.4) is 0 Å². The zero-order chi connectivity index (χ0) is 14.9. The van der Waals surface area contributed by atoms with Crippen LogP contribution in [0.15, 0.2) is 18.2 Å². The maximum Gasteiger partial charge on any atom is 0.270 e. The first-order valence-electron chi connectivity index (χ1n) is 6.12. The summed E-state index contributed by atoms with van der Waals surface area (Å²) in [4.78, 5) is 10.2.